The van der Waals surface area contributed by atoms with Crippen molar-refractivity contribution in [2.24, 2.45) is 5.92 Å². The number of carbonyl (C=O) groups is 1. The Morgan fingerprint density at radius 1 is 1.59 bits per heavy atom. The van der Waals surface area contributed by atoms with E-state index in [1.54, 1.807) is 12.3 Å². The third-order valence-electron chi connectivity index (χ3n) is 2.32. The van der Waals surface area contributed by atoms with Gasteiger partial charge in [0.15, 0.2) is 5.65 Å². The van der Waals surface area contributed by atoms with Crippen LogP contribution in [-0.2, 0) is 0 Å². The Bertz CT molecular complexity index is 547. The van der Waals surface area contributed by atoms with Gasteiger partial charge in [0.05, 0.1) is 6.20 Å². The maximum Gasteiger partial charge on any atom is 0.341 e. The molecule has 2 aromatic heterocycles. The molecule has 0 atom stereocenters. The highest BCUT2D eigenvalue weighted by atomic mass is 16.4. The molecule has 0 saturated heterocycles. The number of rotatable bonds is 4. The van der Waals surface area contributed by atoms with E-state index in [2.05, 4.69) is 29.2 Å². The first-order chi connectivity index (χ1) is 8.09. The summed E-state index contributed by atoms with van der Waals surface area (Å²) in [6.45, 7) is 4.98. The number of hydrogen-bond acceptors (Lipinski definition) is 4. The second-order valence-electron chi connectivity index (χ2n) is 4.20. The summed E-state index contributed by atoms with van der Waals surface area (Å²) in [4.78, 5) is 15.0. The molecule has 0 aliphatic rings. The van der Waals surface area contributed by atoms with Gasteiger partial charge in [0.1, 0.15) is 11.4 Å². The number of carboxylic acids is 1. The van der Waals surface area contributed by atoms with Crippen LogP contribution in [0.1, 0.15) is 24.2 Å². The summed E-state index contributed by atoms with van der Waals surface area (Å²) in [7, 11) is 0. The van der Waals surface area contributed by atoms with Gasteiger partial charge < -0.3 is 10.4 Å². The fraction of sp³-hybridized carbons (Fsp3) is 0.364. The largest absolute Gasteiger partial charge is 0.477 e. The molecule has 0 aliphatic heterocycles. The molecular formula is C11H14N4O2. The molecule has 0 saturated carbocycles. The summed E-state index contributed by atoms with van der Waals surface area (Å²) in [6, 6.07) is 1.77. The van der Waals surface area contributed by atoms with Crippen LogP contribution < -0.4 is 5.32 Å². The zero-order valence-corrected chi connectivity index (χ0v) is 9.71. The minimum Gasteiger partial charge on any atom is -0.477 e. The van der Waals surface area contributed by atoms with Gasteiger partial charge >= 0.3 is 5.97 Å². The van der Waals surface area contributed by atoms with Crippen molar-refractivity contribution in [1.29, 1.82) is 0 Å². The van der Waals surface area contributed by atoms with Crippen LogP contribution in [-0.4, -0.2) is 32.2 Å². The number of hydrogen-bond donors (Lipinski definition) is 2. The predicted molar refractivity (Wildman–Crippen MR) is 63.3 cm³/mol. The first-order valence-corrected chi connectivity index (χ1v) is 5.39. The second kappa shape index (κ2) is 4.40. The second-order valence-corrected chi connectivity index (χ2v) is 4.20. The van der Waals surface area contributed by atoms with Crippen LogP contribution in [0.5, 0.6) is 0 Å². The summed E-state index contributed by atoms with van der Waals surface area (Å²) in [5.74, 6) is 0.220. The highest BCUT2D eigenvalue weighted by molar-refractivity contribution is 5.94. The quantitative estimate of drug-likeness (QED) is 0.837. The smallest absolute Gasteiger partial charge is 0.341 e. The maximum absolute atomic E-state index is 10.9. The van der Waals surface area contributed by atoms with Gasteiger partial charge in [0.25, 0.3) is 0 Å². The molecule has 0 aliphatic carbocycles. The number of aromatic nitrogens is 3. The lowest BCUT2D eigenvalue weighted by Gasteiger charge is -2.09. The molecule has 0 bridgehead atoms. The van der Waals surface area contributed by atoms with Crippen molar-refractivity contribution in [2.45, 2.75) is 13.8 Å². The van der Waals surface area contributed by atoms with Gasteiger partial charge in [-0.15, -0.1) is 0 Å². The summed E-state index contributed by atoms with van der Waals surface area (Å²) in [5.41, 5.74) is 0.462. The van der Waals surface area contributed by atoms with Crippen LogP contribution in [0.4, 0.5) is 5.82 Å². The van der Waals surface area contributed by atoms with Gasteiger partial charge in [-0.25, -0.2) is 9.78 Å². The summed E-state index contributed by atoms with van der Waals surface area (Å²) in [5, 5.41) is 16.2. The Labute approximate surface area is 98.3 Å². The van der Waals surface area contributed by atoms with Crippen LogP contribution in [0, 0.1) is 5.92 Å². The van der Waals surface area contributed by atoms with E-state index in [9.17, 15) is 4.79 Å². The molecule has 0 unspecified atom stereocenters. The zero-order valence-electron chi connectivity index (χ0n) is 9.71. The molecule has 0 aromatic carbocycles. The number of nitrogens with zero attached hydrogens (tertiary/aromatic N) is 3. The number of anilines is 1. The molecule has 2 rings (SSSR count). The summed E-state index contributed by atoms with van der Waals surface area (Å²) >= 11 is 0. The van der Waals surface area contributed by atoms with Crippen molar-refractivity contribution < 1.29 is 9.90 Å². The number of carboxylic acid groups (broad SMARTS) is 1. The SMILES string of the molecule is CC(C)CNc1ccnc2c(C(=O)O)cnn12. The van der Waals surface area contributed by atoms with Gasteiger partial charge in [0.2, 0.25) is 0 Å². The molecule has 0 fully saturated rings. The Morgan fingerprint density at radius 2 is 2.35 bits per heavy atom. The van der Waals surface area contributed by atoms with Crippen molar-refractivity contribution >= 4 is 17.4 Å². The highest BCUT2D eigenvalue weighted by Gasteiger charge is 2.13. The van der Waals surface area contributed by atoms with E-state index in [0.717, 1.165) is 12.4 Å². The average Bonchev–Trinajstić information content (AvgIpc) is 2.70. The molecule has 0 amide bonds. The van der Waals surface area contributed by atoms with Crippen LogP contribution >= 0.6 is 0 Å². The minimum absolute atomic E-state index is 0.109. The summed E-state index contributed by atoms with van der Waals surface area (Å²) < 4.78 is 1.51. The van der Waals surface area contributed by atoms with Gasteiger partial charge in [-0.2, -0.15) is 9.61 Å². The van der Waals surface area contributed by atoms with Crippen molar-refractivity contribution in [1.82, 2.24) is 14.6 Å². The Hall–Kier alpha value is -2.11. The van der Waals surface area contributed by atoms with E-state index in [0.29, 0.717) is 11.6 Å². The molecule has 90 valence electrons. The van der Waals surface area contributed by atoms with E-state index in [1.807, 2.05) is 0 Å². The zero-order chi connectivity index (χ0) is 12.4. The van der Waals surface area contributed by atoms with Crippen molar-refractivity contribution in [2.75, 3.05) is 11.9 Å². The molecule has 2 N–H and O–H groups in total. The fourth-order valence-corrected chi connectivity index (χ4v) is 1.48. The fourth-order valence-electron chi connectivity index (χ4n) is 1.48. The van der Waals surface area contributed by atoms with Crippen molar-refractivity contribution in [3.63, 3.8) is 0 Å². The van der Waals surface area contributed by atoms with Gasteiger partial charge in [-0.3, -0.25) is 0 Å². The van der Waals surface area contributed by atoms with Gasteiger partial charge in [0, 0.05) is 12.7 Å². The molecular weight excluding hydrogens is 220 g/mol. The summed E-state index contributed by atoms with van der Waals surface area (Å²) in [6.07, 6.45) is 2.89. The van der Waals surface area contributed by atoms with Crippen molar-refractivity contribution in [3.05, 3.63) is 24.0 Å². The van der Waals surface area contributed by atoms with Crippen LogP contribution in [0.25, 0.3) is 5.65 Å². The lowest BCUT2D eigenvalue weighted by molar-refractivity contribution is 0.0699. The third kappa shape index (κ3) is 2.20. The van der Waals surface area contributed by atoms with Gasteiger partial charge in [-0.05, 0) is 12.0 Å². The van der Waals surface area contributed by atoms with Crippen LogP contribution in [0.3, 0.4) is 0 Å². The first-order valence-electron chi connectivity index (χ1n) is 5.39. The maximum atomic E-state index is 10.9. The predicted octanol–water partition coefficient (Wildman–Crippen LogP) is 1.50. The van der Waals surface area contributed by atoms with Gasteiger partial charge in [-0.1, -0.05) is 13.8 Å². The van der Waals surface area contributed by atoms with E-state index in [-0.39, 0.29) is 5.56 Å². The molecule has 17 heavy (non-hydrogen) atoms. The monoisotopic (exact) mass is 234 g/mol. The standard InChI is InChI=1S/C11H14N4O2/c1-7(2)5-13-9-3-4-12-10-8(11(16)17)6-14-15(9)10/h3-4,6-7,13H,5H2,1-2H3,(H,16,17). The molecule has 0 radical (unpaired) electrons. The Balaban J connectivity index is 2.41. The minimum atomic E-state index is -1.02. The van der Waals surface area contributed by atoms with E-state index >= 15 is 0 Å². The first kappa shape index (κ1) is 11.4. The lowest BCUT2D eigenvalue weighted by Crippen LogP contribution is -2.11. The number of nitrogens with one attached hydrogen (secondary N) is 1. The van der Waals surface area contributed by atoms with Crippen LogP contribution in [0.15, 0.2) is 18.5 Å². The molecule has 0 spiro atoms. The van der Waals surface area contributed by atoms with E-state index < -0.39 is 5.97 Å². The highest BCUT2D eigenvalue weighted by Crippen LogP contribution is 2.13. The lowest BCUT2D eigenvalue weighted by atomic mass is 10.2. The average molecular weight is 234 g/mol. The normalized spacial score (nSPS) is 11.0. The van der Waals surface area contributed by atoms with Crippen LogP contribution in [0.2, 0.25) is 0 Å². The van der Waals surface area contributed by atoms with Crippen molar-refractivity contribution in [3.8, 4) is 0 Å². The Morgan fingerprint density at radius 3 is 3.00 bits per heavy atom. The van der Waals surface area contributed by atoms with E-state index in [4.69, 9.17) is 5.11 Å². The molecule has 2 heterocycles. The Kier molecular flexibility index (Phi) is 2.95. The molecule has 6 heteroatoms. The van der Waals surface area contributed by atoms with E-state index in [1.165, 1.54) is 10.7 Å². The topological polar surface area (TPSA) is 79.5 Å². The molecule has 6 nitrogen and oxygen atoms in total. The molecule has 2 aromatic rings. The number of fused-ring (bicyclic) bond motifs is 1. The third-order valence-corrected chi connectivity index (χ3v) is 2.32. The number of aromatic carboxylic acids is 1.